The summed E-state index contributed by atoms with van der Waals surface area (Å²) in [5, 5.41) is 3.25. The number of rotatable bonds is 2. The SMILES string of the molecule is CC(C)(C)C1CCCCC1NC(=O)c1cccc2c1OCO2. The van der Waals surface area contributed by atoms with Crippen LogP contribution >= 0.6 is 0 Å². The van der Waals surface area contributed by atoms with Gasteiger partial charge in [-0.25, -0.2) is 0 Å². The fraction of sp³-hybridized carbons (Fsp3) is 0.611. The van der Waals surface area contributed by atoms with E-state index in [0.717, 1.165) is 6.42 Å². The lowest BCUT2D eigenvalue weighted by molar-refractivity contribution is 0.0826. The molecule has 0 spiro atoms. The van der Waals surface area contributed by atoms with E-state index in [2.05, 4.69) is 26.1 Å². The van der Waals surface area contributed by atoms with Gasteiger partial charge in [0.25, 0.3) is 5.91 Å². The van der Waals surface area contributed by atoms with Crippen LogP contribution in [0, 0.1) is 11.3 Å². The smallest absolute Gasteiger partial charge is 0.255 e. The third-order valence-corrected chi connectivity index (χ3v) is 4.84. The molecule has 1 saturated carbocycles. The predicted octanol–water partition coefficient (Wildman–Crippen LogP) is 3.75. The minimum absolute atomic E-state index is 0.0523. The largest absolute Gasteiger partial charge is 0.454 e. The van der Waals surface area contributed by atoms with Crippen molar-refractivity contribution in [2.45, 2.75) is 52.5 Å². The van der Waals surface area contributed by atoms with E-state index < -0.39 is 0 Å². The summed E-state index contributed by atoms with van der Waals surface area (Å²) >= 11 is 0. The lowest BCUT2D eigenvalue weighted by atomic mass is 9.69. The first kappa shape index (κ1) is 15.2. The summed E-state index contributed by atoms with van der Waals surface area (Å²) in [4.78, 5) is 12.7. The molecule has 1 N–H and O–H groups in total. The lowest BCUT2D eigenvalue weighted by Crippen LogP contribution is -2.46. The normalized spacial score (nSPS) is 24.1. The van der Waals surface area contributed by atoms with Crippen LogP contribution in [0.5, 0.6) is 11.5 Å². The van der Waals surface area contributed by atoms with Gasteiger partial charge in [-0.1, -0.05) is 39.7 Å². The maximum Gasteiger partial charge on any atom is 0.255 e. The molecule has 1 amide bonds. The molecule has 1 aliphatic carbocycles. The minimum Gasteiger partial charge on any atom is -0.454 e. The number of hydrogen-bond donors (Lipinski definition) is 1. The van der Waals surface area contributed by atoms with Crippen LogP contribution in [0.2, 0.25) is 0 Å². The van der Waals surface area contributed by atoms with E-state index in [0.29, 0.717) is 23.0 Å². The van der Waals surface area contributed by atoms with E-state index in [9.17, 15) is 4.79 Å². The van der Waals surface area contributed by atoms with Crippen molar-refractivity contribution in [3.8, 4) is 11.5 Å². The number of benzene rings is 1. The first-order chi connectivity index (χ1) is 10.5. The molecule has 2 aliphatic rings. The van der Waals surface area contributed by atoms with Crippen molar-refractivity contribution in [3.63, 3.8) is 0 Å². The van der Waals surface area contributed by atoms with Gasteiger partial charge in [0.15, 0.2) is 11.5 Å². The van der Waals surface area contributed by atoms with Crippen molar-refractivity contribution in [1.29, 1.82) is 0 Å². The van der Waals surface area contributed by atoms with E-state index in [-0.39, 0.29) is 24.2 Å². The summed E-state index contributed by atoms with van der Waals surface area (Å²) in [6, 6.07) is 5.71. The number of nitrogens with one attached hydrogen (secondary N) is 1. The van der Waals surface area contributed by atoms with E-state index in [1.807, 2.05) is 12.1 Å². The summed E-state index contributed by atoms with van der Waals surface area (Å²) < 4.78 is 10.8. The zero-order valence-electron chi connectivity index (χ0n) is 13.6. The molecule has 4 heteroatoms. The fourth-order valence-electron chi connectivity index (χ4n) is 3.70. The van der Waals surface area contributed by atoms with Crippen molar-refractivity contribution >= 4 is 5.91 Å². The Labute approximate surface area is 132 Å². The van der Waals surface area contributed by atoms with E-state index in [1.54, 1.807) is 6.07 Å². The summed E-state index contributed by atoms with van der Waals surface area (Å²) in [5.74, 6) is 1.69. The van der Waals surface area contributed by atoms with Gasteiger partial charge >= 0.3 is 0 Å². The van der Waals surface area contributed by atoms with Crippen molar-refractivity contribution in [2.75, 3.05) is 6.79 Å². The summed E-state index contributed by atoms with van der Waals surface area (Å²) in [6.07, 6.45) is 4.68. The molecular formula is C18H25NO3. The molecule has 0 aromatic heterocycles. The van der Waals surface area contributed by atoms with Crippen LogP contribution in [-0.4, -0.2) is 18.7 Å². The molecule has 0 bridgehead atoms. The molecule has 1 aliphatic heterocycles. The molecular weight excluding hydrogens is 278 g/mol. The van der Waals surface area contributed by atoms with Gasteiger partial charge in [-0.3, -0.25) is 4.79 Å². The molecule has 1 aromatic rings. The van der Waals surface area contributed by atoms with Crippen LogP contribution in [-0.2, 0) is 0 Å². The van der Waals surface area contributed by atoms with Crippen molar-refractivity contribution in [3.05, 3.63) is 23.8 Å². The number of ether oxygens (including phenoxy) is 2. The molecule has 2 atom stereocenters. The molecule has 4 nitrogen and oxygen atoms in total. The number of fused-ring (bicyclic) bond motifs is 1. The average Bonchev–Trinajstić information content (AvgIpc) is 2.94. The predicted molar refractivity (Wildman–Crippen MR) is 85.2 cm³/mol. The molecule has 2 unspecified atom stereocenters. The molecule has 1 aromatic carbocycles. The van der Waals surface area contributed by atoms with Crippen molar-refractivity contribution in [2.24, 2.45) is 11.3 Å². The van der Waals surface area contributed by atoms with Crippen molar-refractivity contribution < 1.29 is 14.3 Å². The van der Waals surface area contributed by atoms with Crippen molar-refractivity contribution in [1.82, 2.24) is 5.32 Å². The first-order valence-corrected chi connectivity index (χ1v) is 8.16. The fourth-order valence-corrected chi connectivity index (χ4v) is 3.70. The van der Waals surface area contributed by atoms with E-state index in [1.165, 1.54) is 19.3 Å². The molecule has 0 saturated heterocycles. The third-order valence-electron chi connectivity index (χ3n) is 4.84. The monoisotopic (exact) mass is 303 g/mol. The second kappa shape index (κ2) is 5.82. The number of para-hydroxylation sites is 1. The molecule has 22 heavy (non-hydrogen) atoms. The molecule has 120 valence electrons. The molecule has 0 radical (unpaired) electrons. The second-order valence-electron chi connectivity index (χ2n) is 7.38. The Morgan fingerprint density at radius 3 is 2.73 bits per heavy atom. The quantitative estimate of drug-likeness (QED) is 0.905. The topological polar surface area (TPSA) is 47.6 Å². The van der Waals surface area contributed by atoms with Gasteiger partial charge in [0.2, 0.25) is 6.79 Å². The molecule has 3 rings (SSSR count). The highest BCUT2D eigenvalue weighted by Crippen LogP contribution is 2.39. The Morgan fingerprint density at radius 1 is 1.18 bits per heavy atom. The molecule has 1 fully saturated rings. The zero-order chi connectivity index (χ0) is 15.7. The maximum absolute atomic E-state index is 12.7. The van der Waals surface area contributed by atoms with Gasteiger partial charge in [-0.15, -0.1) is 0 Å². The lowest BCUT2D eigenvalue weighted by Gasteiger charge is -2.40. The third kappa shape index (κ3) is 2.92. The first-order valence-electron chi connectivity index (χ1n) is 8.16. The Balaban J connectivity index is 1.77. The highest BCUT2D eigenvalue weighted by Gasteiger charge is 2.35. The zero-order valence-corrected chi connectivity index (χ0v) is 13.6. The Bertz CT molecular complexity index is 562. The van der Waals surface area contributed by atoms with Crippen LogP contribution in [0.3, 0.4) is 0 Å². The Morgan fingerprint density at radius 2 is 1.95 bits per heavy atom. The van der Waals surface area contributed by atoms with E-state index >= 15 is 0 Å². The van der Waals surface area contributed by atoms with Gasteiger partial charge in [-0.2, -0.15) is 0 Å². The Kier molecular flexibility index (Phi) is 4.02. The van der Waals surface area contributed by atoms with Gasteiger partial charge in [0.1, 0.15) is 0 Å². The maximum atomic E-state index is 12.7. The highest BCUT2D eigenvalue weighted by atomic mass is 16.7. The number of carbonyl (C=O) groups excluding carboxylic acids is 1. The summed E-state index contributed by atoms with van der Waals surface area (Å²) in [5.41, 5.74) is 0.782. The number of hydrogen-bond acceptors (Lipinski definition) is 3. The van der Waals surface area contributed by atoms with Crippen LogP contribution in [0.4, 0.5) is 0 Å². The minimum atomic E-state index is -0.0523. The second-order valence-corrected chi connectivity index (χ2v) is 7.38. The number of amides is 1. The standard InChI is InChI=1S/C18H25NO3/c1-18(2,3)13-8-4-5-9-14(13)19-17(20)12-7-6-10-15-16(12)22-11-21-15/h6-7,10,13-14H,4-5,8-9,11H2,1-3H3,(H,19,20). The summed E-state index contributed by atoms with van der Waals surface area (Å²) in [6.45, 7) is 6.98. The van der Waals surface area contributed by atoms with Gasteiger partial charge in [0, 0.05) is 6.04 Å². The van der Waals surface area contributed by atoms with Crippen LogP contribution < -0.4 is 14.8 Å². The van der Waals surface area contributed by atoms with Crippen LogP contribution in [0.25, 0.3) is 0 Å². The van der Waals surface area contributed by atoms with Gasteiger partial charge < -0.3 is 14.8 Å². The Hall–Kier alpha value is -1.71. The number of carbonyl (C=O) groups is 1. The molecule has 1 heterocycles. The van der Waals surface area contributed by atoms with Crippen LogP contribution in [0.1, 0.15) is 56.8 Å². The highest BCUT2D eigenvalue weighted by molar-refractivity contribution is 5.98. The average molecular weight is 303 g/mol. The van der Waals surface area contributed by atoms with E-state index in [4.69, 9.17) is 9.47 Å². The van der Waals surface area contributed by atoms with Gasteiger partial charge in [-0.05, 0) is 36.3 Å². The summed E-state index contributed by atoms with van der Waals surface area (Å²) in [7, 11) is 0. The van der Waals surface area contributed by atoms with Crippen LogP contribution in [0.15, 0.2) is 18.2 Å². The van der Waals surface area contributed by atoms with Gasteiger partial charge in [0.05, 0.1) is 5.56 Å².